The molecule has 0 N–H and O–H groups in total. The van der Waals surface area contributed by atoms with Crippen molar-refractivity contribution in [2.75, 3.05) is 12.5 Å². The Kier molecular flexibility index (Phi) is 14.0. The number of hydrogen-bond donors (Lipinski definition) is 1. The molecule has 106 valence electrons. The molecule has 0 nitrogen and oxygen atoms in total. The maximum atomic E-state index is 4.06. The molecule has 0 saturated carbocycles. The molecule has 11 heteroatoms. The Bertz CT molecular complexity index is 187. The summed E-state index contributed by atoms with van der Waals surface area (Å²) in [4.78, 5) is 0. The van der Waals surface area contributed by atoms with Gasteiger partial charge in [-0.25, -0.2) is 0 Å². The SMILES string of the molecule is CC(C)(C)S(C)(C)SSSSSSSSSS. The van der Waals surface area contributed by atoms with Crippen molar-refractivity contribution < 1.29 is 0 Å². The van der Waals surface area contributed by atoms with Gasteiger partial charge >= 0.3 is 0 Å². The lowest BCUT2D eigenvalue weighted by molar-refractivity contribution is 0.797. The van der Waals surface area contributed by atoms with Gasteiger partial charge in [-0.05, 0) is 101 Å². The van der Waals surface area contributed by atoms with Gasteiger partial charge in [0.2, 0.25) is 0 Å². The number of hydrogen-bond acceptors (Lipinski definition) is 10. The molecule has 0 fully saturated rings. The Morgan fingerprint density at radius 3 is 1.59 bits per heavy atom. The summed E-state index contributed by atoms with van der Waals surface area (Å²) in [5, 5.41) is 0. The Balaban J connectivity index is 3.46. The van der Waals surface area contributed by atoms with E-state index >= 15 is 0 Å². The Hall–Kier alpha value is 3.85. The second-order valence-corrected chi connectivity index (χ2v) is 26.2. The summed E-state index contributed by atoms with van der Waals surface area (Å²) in [5.41, 5.74) is 0. The van der Waals surface area contributed by atoms with Crippen LogP contribution in [0.5, 0.6) is 0 Å². The highest BCUT2D eigenvalue weighted by Gasteiger charge is 2.28. The van der Waals surface area contributed by atoms with Crippen molar-refractivity contribution in [1.29, 1.82) is 0 Å². The maximum Gasteiger partial charge on any atom is 0.000400 e. The minimum Gasteiger partial charge on any atom is -0.183 e. The molecular formula is C6H16S11. The monoisotopic (exact) mass is 440 g/mol. The first-order valence-corrected chi connectivity index (χ1v) is 19.7. The van der Waals surface area contributed by atoms with Crippen LogP contribution in [0.2, 0.25) is 0 Å². The van der Waals surface area contributed by atoms with Gasteiger partial charge in [-0.2, -0.15) is 9.06 Å². The number of thiol groups is 1. The quantitative estimate of drug-likeness (QED) is 0.211. The highest BCUT2D eigenvalue weighted by molar-refractivity contribution is 9.54. The molecule has 0 spiro atoms. The van der Waals surface area contributed by atoms with Gasteiger partial charge in [-0.3, -0.25) is 0 Å². The molecule has 0 aromatic rings. The zero-order valence-corrected chi connectivity index (χ0v) is 19.1. The van der Waals surface area contributed by atoms with Crippen LogP contribution < -0.4 is 0 Å². The summed E-state index contributed by atoms with van der Waals surface area (Å²) < 4.78 is 0.411. The average Bonchev–Trinajstić information content (AvgIpc) is 2.20. The van der Waals surface area contributed by atoms with E-state index in [1.807, 2.05) is 49.1 Å². The van der Waals surface area contributed by atoms with E-state index in [0.717, 1.165) is 0 Å². The van der Waals surface area contributed by atoms with Gasteiger partial charge in [0.25, 0.3) is 0 Å². The van der Waals surface area contributed by atoms with Gasteiger partial charge in [-0.15, -0.1) is 0 Å². The van der Waals surface area contributed by atoms with Crippen molar-refractivity contribution >= 4 is 109 Å². The highest BCUT2D eigenvalue weighted by Crippen LogP contribution is 2.71. The minimum absolute atomic E-state index is 0.411. The average molecular weight is 441 g/mol. The van der Waals surface area contributed by atoms with E-state index in [2.05, 4.69) is 44.9 Å². The fourth-order valence-corrected chi connectivity index (χ4v) is 27.9. The molecule has 0 aliphatic rings. The molecule has 0 rings (SSSR count). The molecule has 0 heterocycles. The van der Waals surface area contributed by atoms with E-state index in [1.165, 1.54) is 9.83 Å². The lowest BCUT2D eigenvalue weighted by atomic mass is 10.3. The van der Waals surface area contributed by atoms with Crippen molar-refractivity contribution in [2.24, 2.45) is 0 Å². The standard InChI is InChI=1S/C6H16S11/c1-6(2,3)17(4,5)16-15-14-13-12-11-10-9-8-7/h7H,1-5H3. The number of rotatable bonds is 9. The van der Waals surface area contributed by atoms with Crippen LogP contribution in [0.15, 0.2) is 0 Å². The summed E-state index contributed by atoms with van der Waals surface area (Å²) in [7, 11) is 15.6. The third-order valence-electron chi connectivity index (χ3n) is 1.87. The van der Waals surface area contributed by atoms with Gasteiger partial charge in [0, 0.05) is 4.75 Å². The second kappa shape index (κ2) is 11.4. The molecule has 17 heavy (non-hydrogen) atoms. The molecule has 0 aliphatic carbocycles. The zero-order chi connectivity index (χ0) is 13.4. The summed E-state index contributed by atoms with van der Waals surface area (Å²) in [6.45, 7) is 7.00. The van der Waals surface area contributed by atoms with Crippen molar-refractivity contribution in [3.8, 4) is 0 Å². The summed E-state index contributed by atoms with van der Waals surface area (Å²) >= 11 is 4.06. The van der Waals surface area contributed by atoms with Crippen molar-refractivity contribution in [3.05, 3.63) is 0 Å². The first-order valence-electron chi connectivity index (χ1n) is 4.20. The van der Waals surface area contributed by atoms with Crippen LogP contribution >= 0.6 is 109 Å². The molecule has 0 bridgehead atoms. The minimum atomic E-state index is -0.592. The smallest absolute Gasteiger partial charge is 0.000400 e. The van der Waals surface area contributed by atoms with E-state index in [4.69, 9.17) is 0 Å². The third kappa shape index (κ3) is 11.1. The molecule has 0 radical (unpaired) electrons. The van der Waals surface area contributed by atoms with Crippen molar-refractivity contribution in [2.45, 2.75) is 25.5 Å². The highest BCUT2D eigenvalue weighted by atomic mass is 34.0. The molecular weight excluding hydrogens is 425 g/mol. The van der Waals surface area contributed by atoms with Gasteiger partial charge in [0.1, 0.15) is 0 Å². The Morgan fingerprint density at radius 1 is 0.765 bits per heavy atom. The molecule has 0 amide bonds. The van der Waals surface area contributed by atoms with Gasteiger partial charge in [-0.1, -0.05) is 32.4 Å². The Morgan fingerprint density at radius 2 is 1.18 bits per heavy atom. The predicted molar refractivity (Wildman–Crippen MR) is 116 cm³/mol. The van der Waals surface area contributed by atoms with Gasteiger partial charge in [0.05, 0.1) is 0 Å². The molecule has 0 unspecified atom stereocenters. The van der Waals surface area contributed by atoms with Crippen LogP contribution in [0, 0.1) is 0 Å². The van der Waals surface area contributed by atoms with Gasteiger partial charge < -0.3 is 0 Å². The van der Waals surface area contributed by atoms with E-state index < -0.39 is 9.06 Å². The van der Waals surface area contributed by atoms with Crippen LogP contribution in [0.1, 0.15) is 20.8 Å². The summed E-state index contributed by atoms with van der Waals surface area (Å²) in [6.07, 6.45) is 4.79. The lowest BCUT2D eigenvalue weighted by Crippen LogP contribution is -2.19. The normalized spacial score (nSPS) is 14.0. The lowest BCUT2D eigenvalue weighted by Gasteiger charge is -2.42. The molecule has 0 atom stereocenters. The first-order chi connectivity index (χ1) is 7.81. The van der Waals surface area contributed by atoms with Crippen LogP contribution in [0.4, 0.5) is 0 Å². The third-order valence-corrected chi connectivity index (χ3v) is 28.7. The second-order valence-electron chi connectivity index (χ2n) is 3.96. The van der Waals surface area contributed by atoms with Crippen LogP contribution in [0.3, 0.4) is 0 Å². The largest absolute Gasteiger partial charge is 0.183 e. The van der Waals surface area contributed by atoms with Crippen molar-refractivity contribution in [1.82, 2.24) is 0 Å². The van der Waals surface area contributed by atoms with Crippen LogP contribution in [0.25, 0.3) is 0 Å². The molecule has 0 aromatic carbocycles. The van der Waals surface area contributed by atoms with Crippen LogP contribution in [-0.2, 0) is 0 Å². The molecule has 0 saturated heterocycles. The van der Waals surface area contributed by atoms with E-state index in [0.29, 0.717) is 4.75 Å². The maximum absolute atomic E-state index is 4.06. The predicted octanol–water partition coefficient (Wildman–Crippen LogP) is 8.53. The first kappa shape index (κ1) is 20.9. The molecule has 0 aliphatic heterocycles. The Labute approximate surface area is 145 Å². The fraction of sp³-hybridized carbons (Fsp3) is 1.00. The zero-order valence-electron chi connectivity index (χ0n) is 10.0. The molecule has 0 aromatic heterocycles. The van der Waals surface area contributed by atoms with Gasteiger partial charge in [0.15, 0.2) is 0 Å². The van der Waals surface area contributed by atoms with E-state index in [9.17, 15) is 0 Å². The topological polar surface area (TPSA) is 0 Å². The summed E-state index contributed by atoms with van der Waals surface area (Å²) in [6, 6.07) is 0. The van der Waals surface area contributed by atoms with Crippen molar-refractivity contribution in [3.63, 3.8) is 0 Å². The van der Waals surface area contributed by atoms with E-state index in [-0.39, 0.29) is 0 Å². The van der Waals surface area contributed by atoms with E-state index in [1.54, 1.807) is 29.5 Å². The summed E-state index contributed by atoms with van der Waals surface area (Å²) in [5.74, 6) is 0. The fourth-order valence-electron chi connectivity index (χ4n) is 0.252. The van der Waals surface area contributed by atoms with Crippen LogP contribution in [-0.4, -0.2) is 17.3 Å².